The maximum atomic E-state index is 11.8. The van der Waals surface area contributed by atoms with Gasteiger partial charge >= 0.3 is 5.97 Å². The minimum Gasteiger partial charge on any atom is -0.460 e. The van der Waals surface area contributed by atoms with Crippen molar-refractivity contribution in [1.82, 2.24) is 4.98 Å². The van der Waals surface area contributed by atoms with Crippen LogP contribution >= 0.6 is 0 Å². The number of rotatable bonds is 4. The van der Waals surface area contributed by atoms with Crippen LogP contribution in [0.4, 0.5) is 0 Å². The predicted octanol–water partition coefficient (Wildman–Crippen LogP) is 2.44. The van der Waals surface area contributed by atoms with Crippen molar-refractivity contribution in [2.24, 2.45) is 0 Å². The van der Waals surface area contributed by atoms with Crippen molar-refractivity contribution in [2.45, 2.75) is 45.6 Å². The summed E-state index contributed by atoms with van der Waals surface area (Å²) in [5, 5.41) is 0. The highest BCUT2D eigenvalue weighted by molar-refractivity contribution is 5.87. The maximum absolute atomic E-state index is 11.8. The second kappa shape index (κ2) is 5.10. The second-order valence-corrected chi connectivity index (χ2v) is 4.55. The van der Waals surface area contributed by atoms with Gasteiger partial charge in [0, 0.05) is 6.61 Å². The van der Waals surface area contributed by atoms with E-state index in [0.29, 0.717) is 31.2 Å². The van der Waals surface area contributed by atoms with Crippen molar-refractivity contribution in [3.63, 3.8) is 0 Å². The topological polar surface area (TPSA) is 61.6 Å². The lowest BCUT2D eigenvalue weighted by Gasteiger charge is -2.18. The first-order valence-electron chi connectivity index (χ1n) is 6.42. The van der Waals surface area contributed by atoms with E-state index < -0.39 is 11.6 Å². The van der Waals surface area contributed by atoms with Crippen LogP contribution in [0.2, 0.25) is 0 Å². The molecule has 1 fully saturated rings. The van der Waals surface area contributed by atoms with Crippen molar-refractivity contribution >= 4 is 5.97 Å². The first kappa shape index (κ1) is 13.1. The molecule has 1 saturated heterocycles. The molecule has 0 aliphatic carbocycles. The summed E-state index contributed by atoms with van der Waals surface area (Å²) in [6.45, 7) is 6.67. The largest absolute Gasteiger partial charge is 0.460 e. The standard InChI is InChI=1S/C13H19NO4/c1-4-9-10(11(15)16-5-2)18-12(14-9)13(3)7-6-8-17-13/h4-8H2,1-3H3. The predicted molar refractivity (Wildman–Crippen MR) is 64.4 cm³/mol. The van der Waals surface area contributed by atoms with Gasteiger partial charge in [-0.1, -0.05) is 6.92 Å². The van der Waals surface area contributed by atoms with Crippen molar-refractivity contribution in [1.29, 1.82) is 0 Å². The lowest BCUT2D eigenvalue weighted by molar-refractivity contribution is -0.00668. The third kappa shape index (κ3) is 2.27. The Morgan fingerprint density at radius 1 is 1.50 bits per heavy atom. The van der Waals surface area contributed by atoms with Gasteiger partial charge in [-0.05, 0) is 33.1 Å². The van der Waals surface area contributed by atoms with Gasteiger partial charge in [-0.15, -0.1) is 0 Å². The Morgan fingerprint density at radius 3 is 2.83 bits per heavy atom. The average molecular weight is 253 g/mol. The Balaban J connectivity index is 2.31. The van der Waals surface area contributed by atoms with Gasteiger partial charge in [-0.2, -0.15) is 0 Å². The molecule has 2 heterocycles. The molecule has 0 N–H and O–H groups in total. The zero-order valence-corrected chi connectivity index (χ0v) is 11.1. The fraction of sp³-hybridized carbons (Fsp3) is 0.692. The van der Waals surface area contributed by atoms with Crippen LogP contribution in [-0.2, 0) is 21.5 Å². The number of ether oxygens (including phenoxy) is 2. The molecule has 5 nitrogen and oxygen atoms in total. The van der Waals surface area contributed by atoms with Crippen LogP contribution in [0.5, 0.6) is 0 Å². The van der Waals surface area contributed by atoms with Crippen molar-refractivity contribution < 1.29 is 18.7 Å². The summed E-state index contributed by atoms with van der Waals surface area (Å²) in [7, 11) is 0. The summed E-state index contributed by atoms with van der Waals surface area (Å²) >= 11 is 0. The van der Waals surface area contributed by atoms with Crippen LogP contribution in [0.1, 0.15) is 55.8 Å². The van der Waals surface area contributed by atoms with Crippen LogP contribution in [0.3, 0.4) is 0 Å². The van der Waals surface area contributed by atoms with Crippen LogP contribution < -0.4 is 0 Å². The molecule has 0 bridgehead atoms. The molecule has 1 unspecified atom stereocenters. The first-order chi connectivity index (χ1) is 8.60. The van der Waals surface area contributed by atoms with Gasteiger partial charge in [0.1, 0.15) is 5.60 Å². The summed E-state index contributed by atoms with van der Waals surface area (Å²) < 4.78 is 16.2. The number of carbonyl (C=O) groups excluding carboxylic acids is 1. The summed E-state index contributed by atoms with van der Waals surface area (Å²) in [6, 6.07) is 0. The maximum Gasteiger partial charge on any atom is 0.376 e. The van der Waals surface area contributed by atoms with Gasteiger partial charge in [0.05, 0.1) is 12.3 Å². The quantitative estimate of drug-likeness (QED) is 0.771. The van der Waals surface area contributed by atoms with Gasteiger partial charge in [0.2, 0.25) is 11.7 Å². The van der Waals surface area contributed by atoms with E-state index in [0.717, 1.165) is 12.8 Å². The molecule has 1 aromatic heterocycles. The van der Waals surface area contributed by atoms with E-state index in [-0.39, 0.29) is 5.76 Å². The van der Waals surface area contributed by atoms with E-state index in [4.69, 9.17) is 13.9 Å². The van der Waals surface area contributed by atoms with E-state index in [1.807, 2.05) is 13.8 Å². The summed E-state index contributed by atoms with van der Waals surface area (Å²) in [5.41, 5.74) is 0.134. The summed E-state index contributed by atoms with van der Waals surface area (Å²) in [4.78, 5) is 16.2. The zero-order chi connectivity index (χ0) is 13.2. The van der Waals surface area contributed by atoms with E-state index in [1.165, 1.54) is 0 Å². The monoisotopic (exact) mass is 253 g/mol. The number of hydrogen-bond acceptors (Lipinski definition) is 5. The Kier molecular flexibility index (Phi) is 3.71. The Hall–Kier alpha value is -1.36. The lowest BCUT2D eigenvalue weighted by atomic mass is 10.0. The lowest BCUT2D eigenvalue weighted by Crippen LogP contribution is -2.20. The van der Waals surface area contributed by atoms with Gasteiger partial charge in [0.25, 0.3) is 0 Å². The van der Waals surface area contributed by atoms with E-state index in [2.05, 4.69) is 4.98 Å². The fourth-order valence-electron chi connectivity index (χ4n) is 2.12. The Morgan fingerprint density at radius 2 is 2.28 bits per heavy atom. The SMILES string of the molecule is CCOC(=O)c1oc(C2(C)CCCO2)nc1CC. The molecule has 1 aliphatic heterocycles. The second-order valence-electron chi connectivity index (χ2n) is 4.55. The number of oxazole rings is 1. The minimum absolute atomic E-state index is 0.214. The molecule has 0 amide bonds. The summed E-state index contributed by atoms with van der Waals surface area (Å²) in [5.74, 6) is 0.251. The average Bonchev–Trinajstić information content (AvgIpc) is 2.96. The smallest absolute Gasteiger partial charge is 0.376 e. The van der Waals surface area contributed by atoms with Crippen molar-refractivity contribution in [3.8, 4) is 0 Å². The van der Waals surface area contributed by atoms with Crippen LogP contribution in [-0.4, -0.2) is 24.2 Å². The van der Waals surface area contributed by atoms with Gasteiger partial charge in [-0.25, -0.2) is 9.78 Å². The highest BCUT2D eigenvalue weighted by atomic mass is 16.6. The van der Waals surface area contributed by atoms with E-state index >= 15 is 0 Å². The molecule has 18 heavy (non-hydrogen) atoms. The molecule has 0 saturated carbocycles. The minimum atomic E-state index is -0.505. The van der Waals surface area contributed by atoms with E-state index in [1.54, 1.807) is 6.92 Å². The molecule has 1 aliphatic rings. The summed E-state index contributed by atoms with van der Waals surface area (Å²) in [6.07, 6.45) is 2.47. The molecule has 100 valence electrons. The zero-order valence-electron chi connectivity index (χ0n) is 11.1. The highest BCUT2D eigenvalue weighted by Crippen LogP contribution is 2.36. The first-order valence-corrected chi connectivity index (χ1v) is 6.42. The number of hydrogen-bond donors (Lipinski definition) is 0. The van der Waals surface area contributed by atoms with Crippen LogP contribution in [0.15, 0.2) is 4.42 Å². The number of aromatic nitrogens is 1. The van der Waals surface area contributed by atoms with Crippen LogP contribution in [0, 0.1) is 0 Å². The van der Waals surface area contributed by atoms with Gasteiger partial charge in [-0.3, -0.25) is 0 Å². The van der Waals surface area contributed by atoms with Crippen molar-refractivity contribution in [3.05, 3.63) is 17.3 Å². The number of carbonyl (C=O) groups is 1. The Labute approximate surface area is 106 Å². The molecule has 2 rings (SSSR count). The molecule has 0 radical (unpaired) electrons. The molecule has 0 spiro atoms. The van der Waals surface area contributed by atoms with Gasteiger partial charge < -0.3 is 13.9 Å². The van der Waals surface area contributed by atoms with Crippen molar-refractivity contribution in [2.75, 3.05) is 13.2 Å². The van der Waals surface area contributed by atoms with E-state index in [9.17, 15) is 4.79 Å². The fourth-order valence-corrected chi connectivity index (χ4v) is 2.12. The highest BCUT2D eigenvalue weighted by Gasteiger charge is 2.38. The third-order valence-corrected chi connectivity index (χ3v) is 3.16. The number of aryl methyl sites for hydroxylation is 1. The molecule has 5 heteroatoms. The molecule has 1 atom stereocenters. The third-order valence-electron chi connectivity index (χ3n) is 3.16. The molecular weight excluding hydrogens is 234 g/mol. The number of esters is 1. The van der Waals surface area contributed by atoms with Crippen LogP contribution in [0.25, 0.3) is 0 Å². The molecular formula is C13H19NO4. The Bertz CT molecular complexity index is 432. The normalized spacial score (nSPS) is 23.3. The number of nitrogens with zero attached hydrogens (tertiary/aromatic N) is 1. The van der Waals surface area contributed by atoms with Gasteiger partial charge in [0.15, 0.2) is 0 Å². The molecule has 0 aromatic carbocycles. The molecule has 1 aromatic rings.